The van der Waals surface area contributed by atoms with Crippen LogP contribution in [-0.4, -0.2) is 21.8 Å². The summed E-state index contributed by atoms with van der Waals surface area (Å²) in [7, 11) is 0. The van der Waals surface area contributed by atoms with Gasteiger partial charge in [0, 0.05) is 0 Å². The number of nitrogens with one attached hydrogen (secondary N) is 1. The maximum atomic E-state index is 11.6. The SMILES string of the molecule is CSc1c(C#N)c(S)n2c1C(=O)NC2=S. The van der Waals surface area contributed by atoms with Gasteiger partial charge in [-0.15, -0.1) is 24.4 Å². The molecule has 0 saturated carbocycles. The molecule has 0 atom stereocenters. The Morgan fingerprint density at radius 2 is 2.33 bits per heavy atom. The van der Waals surface area contributed by atoms with Crippen LogP contribution in [0.2, 0.25) is 0 Å². The average molecular weight is 255 g/mol. The summed E-state index contributed by atoms with van der Waals surface area (Å²) >= 11 is 10.5. The fourth-order valence-corrected chi connectivity index (χ4v) is 2.96. The van der Waals surface area contributed by atoms with Crippen molar-refractivity contribution in [2.45, 2.75) is 9.92 Å². The highest BCUT2D eigenvalue weighted by Gasteiger charge is 2.32. The Balaban J connectivity index is 2.84. The predicted molar refractivity (Wildman–Crippen MR) is 63.6 cm³/mol. The number of hydrogen-bond donors (Lipinski definition) is 2. The number of carbonyl (C=O) groups excluding carboxylic acids is 1. The zero-order chi connectivity index (χ0) is 11.2. The fraction of sp³-hybridized carbons (Fsp3) is 0.125. The van der Waals surface area contributed by atoms with E-state index >= 15 is 0 Å². The van der Waals surface area contributed by atoms with Crippen LogP contribution in [0.4, 0.5) is 0 Å². The number of rotatable bonds is 1. The number of thiol groups is 1. The van der Waals surface area contributed by atoms with Crippen LogP contribution in [0.25, 0.3) is 0 Å². The Kier molecular flexibility index (Phi) is 2.50. The van der Waals surface area contributed by atoms with Gasteiger partial charge in [-0.05, 0) is 18.5 Å². The third-order valence-electron chi connectivity index (χ3n) is 2.06. The second-order valence-electron chi connectivity index (χ2n) is 2.79. The molecule has 0 aliphatic carbocycles. The van der Waals surface area contributed by atoms with Crippen molar-refractivity contribution in [1.82, 2.24) is 9.88 Å². The van der Waals surface area contributed by atoms with Crippen molar-refractivity contribution >= 4 is 47.6 Å². The van der Waals surface area contributed by atoms with Crippen molar-refractivity contribution in [1.29, 1.82) is 5.26 Å². The standard InChI is InChI=1S/C8H5N3OS3/c1-15-5-3(2-9)7(13)11-4(5)6(12)10-8(11)14/h13H,1H3,(H,10,12,14). The van der Waals surface area contributed by atoms with E-state index in [-0.39, 0.29) is 11.0 Å². The van der Waals surface area contributed by atoms with Crippen LogP contribution < -0.4 is 5.32 Å². The third kappa shape index (κ3) is 1.29. The second-order valence-corrected chi connectivity index (χ2v) is 4.41. The van der Waals surface area contributed by atoms with E-state index in [1.165, 1.54) is 16.3 Å². The first-order valence-electron chi connectivity index (χ1n) is 3.89. The summed E-state index contributed by atoms with van der Waals surface area (Å²) in [5, 5.41) is 12.2. The molecular weight excluding hydrogens is 250 g/mol. The van der Waals surface area contributed by atoms with E-state index in [4.69, 9.17) is 17.5 Å². The van der Waals surface area contributed by atoms with Gasteiger partial charge in [0.15, 0.2) is 5.11 Å². The zero-order valence-electron chi connectivity index (χ0n) is 7.57. The minimum absolute atomic E-state index is 0.275. The minimum atomic E-state index is -0.277. The van der Waals surface area contributed by atoms with Crippen LogP contribution in [0, 0.1) is 11.3 Å². The van der Waals surface area contributed by atoms with Crippen molar-refractivity contribution < 1.29 is 4.79 Å². The van der Waals surface area contributed by atoms with Crippen LogP contribution in [0.1, 0.15) is 16.1 Å². The van der Waals surface area contributed by atoms with Crippen LogP contribution in [-0.2, 0) is 0 Å². The van der Waals surface area contributed by atoms with Gasteiger partial charge in [0.25, 0.3) is 5.91 Å². The molecule has 0 saturated heterocycles. The second kappa shape index (κ2) is 3.56. The topological polar surface area (TPSA) is 57.8 Å². The number of hydrogen-bond acceptors (Lipinski definition) is 5. The summed E-state index contributed by atoms with van der Waals surface area (Å²) in [6, 6.07) is 2.03. The van der Waals surface area contributed by atoms with E-state index in [0.29, 0.717) is 21.2 Å². The molecular formula is C8H5N3OS3. The normalized spacial score (nSPS) is 13.7. The van der Waals surface area contributed by atoms with Crippen molar-refractivity contribution in [2.75, 3.05) is 6.26 Å². The number of nitrogens with zero attached hydrogens (tertiary/aromatic N) is 2. The Morgan fingerprint density at radius 3 is 2.87 bits per heavy atom. The molecule has 7 heteroatoms. The molecule has 0 fully saturated rings. The summed E-state index contributed by atoms with van der Waals surface area (Å²) in [5.41, 5.74) is 0.812. The fourth-order valence-electron chi connectivity index (χ4n) is 1.45. The van der Waals surface area contributed by atoms with Gasteiger partial charge < -0.3 is 0 Å². The van der Waals surface area contributed by atoms with Crippen molar-refractivity contribution in [3.63, 3.8) is 0 Å². The van der Waals surface area contributed by atoms with Crippen molar-refractivity contribution in [3.05, 3.63) is 11.3 Å². The van der Waals surface area contributed by atoms with Gasteiger partial charge in [-0.1, -0.05) is 0 Å². The van der Waals surface area contributed by atoms with Gasteiger partial charge in [0.05, 0.1) is 15.5 Å². The van der Waals surface area contributed by atoms with E-state index in [0.717, 1.165) is 0 Å². The Morgan fingerprint density at radius 1 is 1.67 bits per heavy atom. The molecule has 15 heavy (non-hydrogen) atoms. The summed E-state index contributed by atoms with van der Waals surface area (Å²) in [6.45, 7) is 0. The van der Waals surface area contributed by atoms with E-state index in [9.17, 15) is 4.79 Å². The Labute approximate surface area is 101 Å². The summed E-state index contributed by atoms with van der Waals surface area (Å²) in [6.07, 6.45) is 1.80. The lowest BCUT2D eigenvalue weighted by Crippen LogP contribution is -2.22. The molecule has 2 rings (SSSR count). The summed E-state index contributed by atoms with van der Waals surface area (Å²) in [4.78, 5) is 12.2. The molecule has 0 aromatic carbocycles. The van der Waals surface area contributed by atoms with E-state index < -0.39 is 0 Å². The molecule has 2 heterocycles. The van der Waals surface area contributed by atoms with Crippen molar-refractivity contribution in [2.24, 2.45) is 0 Å². The van der Waals surface area contributed by atoms with E-state index in [2.05, 4.69) is 17.9 Å². The van der Waals surface area contributed by atoms with Gasteiger partial charge in [-0.2, -0.15) is 5.26 Å². The van der Waals surface area contributed by atoms with Gasteiger partial charge in [-0.25, -0.2) is 0 Å². The number of aromatic nitrogens is 1. The van der Waals surface area contributed by atoms with Gasteiger partial charge in [0.2, 0.25) is 0 Å². The number of amides is 1. The molecule has 1 aromatic heterocycles. The largest absolute Gasteiger partial charge is 0.297 e. The monoisotopic (exact) mass is 255 g/mol. The molecule has 1 aliphatic heterocycles. The number of carbonyl (C=O) groups is 1. The van der Waals surface area contributed by atoms with Gasteiger partial charge >= 0.3 is 0 Å². The third-order valence-corrected chi connectivity index (χ3v) is 3.57. The first kappa shape index (κ1) is 10.5. The highest BCUT2D eigenvalue weighted by Crippen LogP contribution is 2.34. The van der Waals surface area contributed by atoms with Gasteiger partial charge in [-0.3, -0.25) is 14.7 Å². The van der Waals surface area contributed by atoms with Crippen molar-refractivity contribution in [3.8, 4) is 6.07 Å². The molecule has 1 N–H and O–H groups in total. The van der Waals surface area contributed by atoms with Crippen LogP contribution in [0.5, 0.6) is 0 Å². The molecule has 0 spiro atoms. The van der Waals surface area contributed by atoms with Gasteiger partial charge in [0.1, 0.15) is 11.8 Å². The minimum Gasteiger partial charge on any atom is -0.297 e. The average Bonchev–Trinajstić information content (AvgIpc) is 2.64. The lowest BCUT2D eigenvalue weighted by Gasteiger charge is -1.98. The Hall–Kier alpha value is -0.970. The van der Waals surface area contributed by atoms with Crippen LogP contribution in [0.3, 0.4) is 0 Å². The first-order valence-corrected chi connectivity index (χ1v) is 5.97. The maximum absolute atomic E-state index is 11.6. The van der Waals surface area contributed by atoms with Crippen LogP contribution >= 0.6 is 36.6 Å². The Bertz CT molecular complexity index is 526. The molecule has 1 aromatic rings. The number of thioether (sulfide) groups is 1. The smallest absolute Gasteiger partial charge is 0.275 e. The molecule has 4 nitrogen and oxygen atoms in total. The lowest BCUT2D eigenvalue weighted by atomic mass is 10.3. The summed E-state index contributed by atoms with van der Waals surface area (Å²) in [5.74, 6) is -0.277. The zero-order valence-corrected chi connectivity index (χ0v) is 10.1. The lowest BCUT2D eigenvalue weighted by molar-refractivity contribution is 0.0979. The van der Waals surface area contributed by atoms with E-state index in [1.807, 2.05) is 6.07 Å². The molecule has 0 unspecified atom stereocenters. The molecule has 0 radical (unpaired) electrons. The van der Waals surface area contributed by atoms with Crippen LogP contribution in [0.15, 0.2) is 9.92 Å². The predicted octanol–water partition coefficient (Wildman–Crippen LogP) is 1.25. The number of thiocarbonyl (C=S) groups is 1. The maximum Gasteiger partial charge on any atom is 0.275 e. The number of nitriles is 1. The highest BCUT2D eigenvalue weighted by molar-refractivity contribution is 7.98. The molecule has 1 amide bonds. The molecule has 0 bridgehead atoms. The number of fused-ring (bicyclic) bond motifs is 1. The quantitative estimate of drug-likeness (QED) is 0.450. The van der Waals surface area contributed by atoms with E-state index in [1.54, 1.807) is 6.26 Å². The molecule has 1 aliphatic rings. The molecule has 76 valence electrons. The summed E-state index contributed by atoms with van der Waals surface area (Å²) < 4.78 is 1.49. The first-order chi connectivity index (χ1) is 7.11. The highest BCUT2D eigenvalue weighted by atomic mass is 32.2.